The van der Waals surface area contributed by atoms with Gasteiger partial charge in [-0.25, -0.2) is 14.2 Å². The number of halogens is 2. The molecule has 0 unspecified atom stereocenters. The van der Waals surface area contributed by atoms with E-state index in [1.807, 2.05) is 6.92 Å². The van der Waals surface area contributed by atoms with Crippen molar-refractivity contribution in [2.24, 2.45) is 0 Å². The van der Waals surface area contributed by atoms with Crippen LogP contribution in [0.2, 0.25) is 5.02 Å². The Morgan fingerprint density at radius 2 is 2.17 bits per heavy atom. The van der Waals surface area contributed by atoms with Gasteiger partial charge >= 0.3 is 5.97 Å². The molecular weight excluding hydrogens is 331 g/mol. The van der Waals surface area contributed by atoms with Gasteiger partial charge in [0.1, 0.15) is 5.82 Å². The molecule has 0 amide bonds. The number of ether oxygens (including phenoxy) is 1. The predicted octanol–water partition coefficient (Wildman–Crippen LogP) is 4.06. The highest BCUT2D eigenvalue weighted by Gasteiger charge is 2.18. The fourth-order valence-electron chi connectivity index (χ4n) is 2.01. The summed E-state index contributed by atoms with van der Waals surface area (Å²) in [5, 5.41) is -0.0203. The first-order valence-electron chi connectivity index (χ1n) is 7.31. The highest BCUT2D eigenvalue weighted by atomic mass is 35.5. The summed E-state index contributed by atoms with van der Waals surface area (Å²) in [6.45, 7) is 2.02. The summed E-state index contributed by atoms with van der Waals surface area (Å²) in [4.78, 5) is 15.8. The summed E-state index contributed by atoms with van der Waals surface area (Å²) >= 11 is 5.96. The average molecular weight is 347 g/mol. The van der Waals surface area contributed by atoms with E-state index < -0.39 is 11.8 Å². The van der Waals surface area contributed by atoms with Crippen molar-refractivity contribution in [3.63, 3.8) is 0 Å². The van der Waals surface area contributed by atoms with Crippen molar-refractivity contribution >= 4 is 23.3 Å². The molecule has 0 atom stereocenters. The number of hydrogen-bond donors (Lipinski definition) is 1. The van der Waals surface area contributed by atoms with E-state index >= 15 is 0 Å². The van der Waals surface area contributed by atoms with Crippen molar-refractivity contribution in [3.8, 4) is 23.1 Å². The number of nitrogen functional groups attached to an aromatic ring is 1. The minimum Gasteiger partial charge on any atom is -0.464 e. The quantitative estimate of drug-likeness (QED) is 0.672. The van der Waals surface area contributed by atoms with Gasteiger partial charge in [-0.05, 0) is 30.7 Å². The summed E-state index contributed by atoms with van der Waals surface area (Å²) in [6.07, 6.45) is 1.69. The number of carbonyl (C=O) groups excluding carboxylic acids is 1. The van der Waals surface area contributed by atoms with Gasteiger partial charge in [-0.2, -0.15) is 0 Å². The number of methoxy groups -OCH3 is 1. The summed E-state index contributed by atoms with van der Waals surface area (Å²) in [5.74, 6) is 4.60. The van der Waals surface area contributed by atoms with Gasteiger partial charge in [-0.1, -0.05) is 30.4 Å². The van der Waals surface area contributed by atoms with Gasteiger partial charge < -0.3 is 10.5 Å². The summed E-state index contributed by atoms with van der Waals surface area (Å²) in [7, 11) is 1.20. The van der Waals surface area contributed by atoms with Gasteiger partial charge in [0.25, 0.3) is 0 Å². The molecule has 2 aromatic rings. The molecule has 0 spiro atoms. The van der Waals surface area contributed by atoms with Crippen molar-refractivity contribution in [1.82, 2.24) is 4.98 Å². The summed E-state index contributed by atoms with van der Waals surface area (Å²) in [6, 6.07) is 5.96. The minimum absolute atomic E-state index is 0.0203. The van der Waals surface area contributed by atoms with Crippen LogP contribution in [0.1, 0.15) is 35.8 Å². The van der Waals surface area contributed by atoms with Crippen molar-refractivity contribution in [3.05, 3.63) is 46.4 Å². The van der Waals surface area contributed by atoms with Crippen molar-refractivity contribution < 1.29 is 13.9 Å². The molecule has 24 heavy (non-hydrogen) atoms. The van der Waals surface area contributed by atoms with Crippen LogP contribution in [0.4, 0.5) is 10.1 Å². The number of rotatable bonds is 3. The zero-order valence-electron chi connectivity index (χ0n) is 13.3. The van der Waals surface area contributed by atoms with Crippen LogP contribution in [0.5, 0.6) is 0 Å². The molecular formula is C18H16ClFN2O2. The summed E-state index contributed by atoms with van der Waals surface area (Å²) in [5.41, 5.74) is 6.72. The van der Waals surface area contributed by atoms with Crippen LogP contribution in [-0.2, 0) is 4.74 Å². The molecule has 0 fully saturated rings. The number of esters is 1. The van der Waals surface area contributed by atoms with Crippen LogP contribution in [0, 0.1) is 17.7 Å². The molecule has 0 saturated carbocycles. The molecule has 2 N–H and O–H groups in total. The lowest BCUT2D eigenvalue weighted by Gasteiger charge is -2.09. The van der Waals surface area contributed by atoms with Gasteiger partial charge in [-0.3, -0.25) is 0 Å². The second kappa shape index (κ2) is 7.80. The van der Waals surface area contributed by atoms with Crippen LogP contribution >= 0.6 is 11.6 Å². The van der Waals surface area contributed by atoms with E-state index in [4.69, 9.17) is 17.3 Å². The van der Waals surface area contributed by atoms with Crippen LogP contribution in [0.3, 0.4) is 0 Å². The second-order valence-electron chi connectivity index (χ2n) is 5.00. The first-order valence-corrected chi connectivity index (χ1v) is 7.68. The van der Waals surface area contributed by atoms with E-state index in [-0.39, 0.29) is 27.7 Å². The Bertz CT molecular complexity index is 841. The lowest BCUT2D eigenvalue weighted by molar-refractivity contribution is 0.0594. The molecule has 0 radical (unpaired) electrons. The Morgan fingerprint density at radius 3 is 2.79 bits per heavy atom. The number of unbranched alkanes of at least 4 members (excludes halogenated alkanes) is 1. The standard InChI is InChI=1S/C18H16ClFN2O2/c1-3-4-5-6-11-7-8-12(13(20)9-11)15-10-14(21)16(19)17(22-15)18(23)24-2/h7-10H,3-4H2,1-2H3,(H2,21,22). The van der Waals surface area contributed by atoms with Crippen molar-refractivity contribution in [1.29, 1.82) is 0 Å². The Kier molecular flexibility index (Phi) is 5.78. The first-order chi connectivity index (χ1) is 11.5. The molecule has 1 heterocycles. The fraction of sp³-hybridized carbons (Fsp3) is 0.222. The van der Waals surface area contributed by atoms with E-state index in [0.717, 1.165) is 12.8 Å². The molecule has 4 nitrogen and oxygen atoms in total. The number of carbonyl (C=O) groups is 1. The number of anilines is 1. The maximum absolute atomic E-state index is 14.4. The molecule has 0 saturated heterocycles. The van der Waals surface area contributed by atoms with Crippen LogP contribution < -0.4 is 5.73 Å². The molecule has 0 aliphatic heterocycles. The third-order valence-electron chi connectivity index (χ3n) is 3.22. The van der Waals surface area contributed by atoms with Crippen LogP contribution in [0.15, 0.2) is 24.3 Å². The van der Waals surface area contributed by atoms with E-state index in [9.17, 15) is 9.18 Å². The minimum atomic E-state index is -0.740. The fourth-order valence-corrected chi connectivity index (χ4v) is 2.18. The highest BCUT2D eigenvalue weighted by molar-refractivity contribution is 6.35. The van der Waals surface area contributed by atoms with Gasteiger partial charge in [0, 0.05) is 17.5 Å². The Hall–Kier alpha value is -2.58. The number of aromatic nitrogens is 1. The third-order valence-corrected chi connectivity index (χ3v) is 3.61. The smallest absolute Gasteiger partial charge is 0.358 e. The maximum Gasteiger partial charge on any atom is 0.358 e. The summed E-state index contributed by atoms with van der Waals surface area (Å²) < 4.78 is 19.0. The van der Waals surface area contributed by atoms with Crippen molar-refractivity contribution in [2.75, 3.05) is 12.8 Å². The Morgan fingerprint density at radius 1 is 1.42 bits per heavy atom. The van der Waals surface area contributed by atoms with Gasteiger partial charge in [0.15, 0.2) is 5.69 Å². The maximum atomic E-state index is 14.4. The lowest BCUT2D eigenvalue weighted by Crippen LogP contribution is -2.08. The monoisotopic (exact) mass is 346 g/mol. The normalized spacial score (nSPS) is 10.0. The topological polar surface area (TPSA) is 65.2 Å². The SMILES string of the molecule is CCCC#Cc1ccc(-c2cc(N)c(Cl)c(C(=O)OC)n2)c(F)c1. The molecule has 1 aromatic heterocycles. The zero-order chi connectivity index (χ0) is 17.7. The van der Waals surface area contributed by atoms with E-state index in [1.165, 1.54) is 19.2 Å². The number of nitrogens with two attached hydrogens (primary N) is 1. The van der Waals surface area contributed by atoms with E-state index in [1.54, 1.807) is 12.1 Å². The lowest BCUT2D eigenvalue weighted by atomic mass is 10.1. The van der Waals surface area contributed by atoms with E-state index in [0.29, 0.717) is 5.56 Å². The first kappa shape index (κ1) is 17.8. The average Bonchev–Trinajstić information content (AvgIpc) is 2.57. The van der Waals surface area contributed by atoms with Crippen molar-refractivity contribution in [2.45, 2.75) is 19.8 Å². The molecule has 1 aromatic carbocycles. The molecule has 2 rings (SSSR count). The number of hydrogen-bond acceptors (Lipinski definition) is 4. The van der Waals surface area contributed by atoms with Gasteiger partial charge in [-0.15, -0.1) is 0 Å². The second-order valence-corrected chi connectivity index (χ2v) is 5.38. The molecule has 0 aliphatic carbocycles. The number of pyridine rings is 1. The molecule has 0 bridgehead atoms. The van der Waals surface area contributed by atoms with Gasteiger partial charge in [0.05, 0.1) is 23.5 Å². The zero-order valence-corrected chi connectivity index (χ0v) is 14.1. The largest absolute Gasteiger partial charge is 0.464 e. The van der Waals surface area contributed by atoms with Crippen LogP contribution in [-0.4, -0.2) is 18.1 Å². The molecule has 0 aliphatic rings. The molecule has 6 heteroatoms. The van der Waals surface area contributed by atoms with Gasteiger partial charge in [0.2, 0.25) is 0 Å². The van der Waals surface area contributed by atoms with E-state index in [2.05, 4.69) is 21.6 Å². The third kappa shape index (κ3) is 3.84. The number of benzene rings is 1. The Labute approximate surface area is 144 Å². The van der Waals surface area contributed by atoms with Crippen LogP contribution in [0.25, 0.3) is 11.3 Å². The number of nitrogens with zero attached hydrogens (tertiary/aromatic N) is 1. The molecule has 124 valence electrons. The predicted molar refractivity (Wildman–Crippen MR) is 92.2 cm³/mol. The highest BCUT2D eigenvalue weighted by Crippen LogP contribution is 2.30. The Balaban J connectivity index is 2.47.